The molecule has 0 unspecified atom stereocenters. The zero-order valence-electron chi connectivity index (χ0n) is 14.9. The van der Waals surface area contributed by atoms with Crippen LogP contribution in [0.5, 0.6) is 0 Å². The SMILES string of the molecule is O=C(NCc1ccccc1)/C(=C/c1cccs1)n1nnnc1-c1ccccc1. The van der Waals surface area contributed by atoms with Crippen LogP contribution in [0.2, 0.25) is 0 Å². The molecule has 0 saturated heterocycles. The molecule has 1 amide bonds. The molecule has 28 heavy (non-hydrogen) atoms. The molecule has 0 aliphatic heterocycles. The Balaban J connectivity index is 1.68. The first-order valence-electron chi connectivity index (χ1n) is 8.73. The maximum Gasteiger partial charge on any atom is 0.270 e. The average molecular weight is 387 g/mol. The molecule has 0 radical (unpaired) electrons. The Morgan fingerprint density at radius 3 is 2.46 bits per heavy atom. The number of carbonyl (C=O) groups is 1. The number of benzene rings is 2. The van der Waals surface area contributed by atoms with Crippen LogP contribution in [0, 0.1) is 0 Å². The molecule has 0 aliphatic rings. The Labute approximate surface area is 166 Å². The van der Waals surface area contributed by atoms with Gasteiger partial charge in [0.2, 0.25) is 0 Å². The molecule has 6 nitrogen and oxygen atoms in total. The van der Waals surface area contributed by atoms with Crippen LogP contribution in [0.4, 0.5) is 0 Å². The van der Waals surface area contributed by atoms with E-state index >= 15 is 0 Å². The third kappa shape index (κ3) is 4.05. The number of carbonyl (C=O) groups excluding carboxylic acids is 1. The molecule has 4 rings (SSSR count). The van der Waals surface area contributed by atoms with E-state index in [1.54, 1.807) is 17.4 Å². The van der Waals surface area contributed by atoms with Gasteiger partial charge >= 0.3 is 0 Å². The summed E-state index contributed by atoms with van der Waals surface area (Å²) in [6.07, 6.45) is 1.80. The average Bonchev–Trinajstić information content (AvgIpc) is 3.43. The first-order chi connectivity index (χ1) is 13.8. The third-order valence-electron chi connectivity index (χ3n) is 4.08. The van der Waals surface area contributed by atoms with E-state index in [2.05, 4.69) is 20.8 Å². The zero-order valence-corrected chi connectivity index (χ0v) is 15.7. The van der Waals surface area contributed by atoms with E-state index < -0.39 is 0 Å². The summed E-state index contributed by atoms with van der Waals surface area (Å²) in [4.78, 5) is 14.0. The maximum absolute atomic E-state index is 13.0. The molecule has 0 fully saturated rings. The maximum atomic E-state index is 13.0. The fourth-order valence-corrected chi connectivity index (χ4v) is 3.37. The molecule has 0 bridgehead atoms. The highest BCUT2D eigenvalue weighted by atomic mass is 32.1. The molecule has 0 spiro atoms. The highest BCUT2D eigenvalue weighted by Crippen LogP contribution is 2.22. The molecular formula is C21H17N5OS. The van der Waals surface area contributed by atoms with E-state index in [4.69, 9.17) is 0 Å². The summed E-state index contributed by atoms with van der Waals surface area (Å²) in [5.74, 6) is 0.264. The standard InChI is InChI=1S/C21H17N5OS/c27-21(22-15-16-8-3-1-4-9-16)19(14-18-12-7-13-28-18)26-20(23-24-25-26)17-10-5-2-6-11-17/h1-14H,15H2,(H,22,27)/b19-14-. The molecule has 2 aromatic heterocycles. The molecule has 2 heterocycles. The van der Waals surface area contributed by atoms with Crippen LogP contribution >= 0.6 is 11.3 Å². The Morgan fingerprint density at radius 1 is 1.00 bits per heavy atom. The largest absolute Gasteiger partial charge is 0.347 e. The third-order valence-corrected chi connectivity index (χ3v) is 4.90. The van der Waals surface area contributed by atoms with E-state index in [0.29, 0.717) is 18.1 Å². The molecule has 1 N–H and O–H groups in total. The monoisotopic (exact) mass is 387 g/mol. The number of hydrogen-bond acceptors (Lipinski definition) is 5. The number of aromatic nitrogens is 4. The number of nitrogens with zero attached hydrogens (tertiary/aromatic N) is 4. The topological polar surface area (TPSA) is 72.7 Å². The van der Waals surface area contributed by atoms with Crippen molar-refractivity contribution < 1.29 is 4.79 Å². The smallest absolute Gasteiger partial charge is 0.270 e. The minimum atomic E-state index is -0.248. The van der Waals surface area contributed by atoms with Gasteiger partial charge in [0, 0.05) is 17.0 Å². The molecule has 2 aromatic carbocycles. The molecule has 7 heteroatoms. The molecule has 138 valence electrons. The van der Waals surface area contributed by atoms with Crippen molar-refractivity contribution in [3.8, 4) is 11.4 Å². The second-order valence-corrected chi connectivity index (χ2v) is 6.97. The first kappa shape index (κ1) is 17.8. The van der Waals surface area contributed by atoms with Crippen LogP contribution in [0.3, 0.4) is 0 Å². The Kier molecular flexibility index (Phi) is 5.35. The summed E-state index contributed by atoms with van der Waals surface area (Å²) >= 11 is 1.54. The Morgan fingerprint density at radius 2 is 1.75 bits per heavy atom. The van der Waals surface area contributed by atoms with Gasteiger partial charge in [0.1, 0.15) is 5.70 Å². The lowest BCUT2D eigenvalue weighted by atomic mass is 10.2. The van der Waals surface area contributed by atoms with Crippen LogP contribution in [-0.4, -0.2) is 26.1 Å². The van der Waals surface area contributed by atoms with Gasteiger partial charge in [-0.15, -0.1) is 16.4 Å². The van der Waals surface area contributed by atoms with E-state index in [0.717, 1.165) is 16.0 Å². The van der Waals surface area contributed by atoms with Crippen LogP contribution in [-0.2, 0) is 11.3 Å². The van der Waals surface area contributed by atoms with E-state index in [9.17, 15) is 4.79 Å². The Bertz CT molecular complexity index is 1070. The van der Waals surface area contributed by atoms with Crippen LogP contribution < -0.4 is 5.32 Å². The second-order valence-electron chi connectivity index (χ2n) is 5.99. The second kappa shape index (κ2) is 8.41. The van der Waals surface area contributed by atoms with Crippen molar-refractivity contribution in [1.29, 1.82) is 0 Å². The lowest BCUT2D eigenvalue weighted by molar-refractivity contribution is -0.116. The van der Waals surface area contributed by atoms with Crippen LogP contribution in [0.1, 0.15) is 10.4 Å². The number of nitrogens with one attached hydrogen (secondary N) is 1. The molecule has 4 aromatic rings. The molecular weight excluding hydrogens is 370 g/mol. The lowest BCUT2D eigenvalue weighted by Gasteiger charge is -2.10. The highest BCUT2D eigenvalue weighted by Gasteiger charge is 2.19. The van der Waals surface area contributed by atoms with Gasteiger partial charge in [-0.2, -0.15) is 4.68 Å². The van der Waals surface area contributed by atoms with Crippen molar-refractivity contribution in [2.24, 2.45) is 0 Å². The Hall–Kier alpha value is -3.58. The van der Waals surface area contributed by atoms with Gasteiger partial charge in [-0.1, -0.05) is 66.7 Å². The van der Waals surface area contributed by atoms with Crippen molar-refractivity contribution in [2.75, 3.05) is 0 Å². The fourth-order valence-electron chi connectivity index (χ4n) is 2.72. The van der Waals surface area contributed by atoms with Crippen molar-refractivity contribution in [3.63, 3.8) is 0 Å². The van der Waals surface area contributed by atoms with Crippen molar-refractivity contribution in [2.45, 2.75) is 6.54 Å². The van der Waals surface area contributed by atoms with Gasteiger partial charge in [-0.25, -0.2) is 0 Å². The van der Waals surface area contributed by atoms with E-state index in [1.165, 1.54) is 4.68 Å². The number of rotatable bonds is 6. The summed E-state index contributed by atoms with van der Waals surface area (Å²) in [6.45, 7) is 0.421. The number of thiophene rings is 1. The van der Waals surface area contributed by atoms with Crippen molar-refractivity contribution in [3.05, 3.63) is 88.6 Å². The summed E-state index contributed by atoms with van der Waals surface area (Å²) in [6, 6.07) is 23.2. The summed E-state index contributed by atoms with van der Waals surface area (Å²) in [5.41, 5.74) is 2.22. The van der Waals surface area contributed by atoms with Gasteiger partial charge in [0.15, 0.2) is 5.82 Å². The summed E-state index contributed by atoms with van der Waals surface area (Å²) < 4.78 is 1.48. The van der Waals surface area contributed by atoms with E-state index in [-0.39, 0.29) is 5.91 Å². The predicted molar refractivity (Wildman–Crippen MR) is 110 cm³/mol. The van der Waals surface area contributed by atoms with Gasteiger partial charge in [-0.3, -0.25) is 4.79 Å². The fraction of sp³-hybridized carbons (Fsp3) is 0.0476. The van der Waals surface area contributed by atoms with Gasteiger partial charge in [0.25, 0.3) is 5.91 Å². The minimum Gasteiger partial charge on any atom is -0.347 e. The number of tetrazole rings is 1. The highest BCUT2D eigenvalue weighted by molar-refractivity contribution is 7.10. The van der Waals surface area contributed by atoms with Gasteiger partial charge in [-0.05, 0) is 33.5 Å². The minimum absolute atomic E-state index is 0.248. The molecule has 0 atom stereocenters. The summed E-state index contributed by atoms with van der Waals surface area (Å²) in [7, 11) is 0. The lowest BCUT2D eigenvalue weighted by Crippen LogP contribution is -2.27. The number of hydrogen-bond donors (Lipinski definition) is 1. The molecule has 0 aliphatic carbocycles. The van der Waals surface area contributed by atoms with Crippen LogP contribution in [0.25, 0.3) is 23.2 Å². The van der Waals surface area contributed by atoms with Gasteiger partial charge < -0.3 is 5.32 Å². The van der Waals surface area contributed by atoms with Crippen molar-refractivity contribution >= 4 is 29.0 Å². The van der Waals surface area contributed by atoms with Crippen molar-refractivity contribution in [1.82, 2.24) is 25.5 Å². The summed E-state index contributed by atoms with van der Waals surface area (Å²) in [5, 5.41) is 16.9. The number of amides is 1. The van der Waals surface area contributed by atoms with Gasteiger partial charge in [0.05, 0.1) is 0 Å². The van der Waals surface area contributed by atoms with E-state index in [1.807, 2.05) is 78.2 Å². The quantitative estimate of drug-likeness (QED) is 0.512. The predicted octanol–water partition coefficient (Wildman–Crippen LogP) is 3.72. The molecule has 0 saturated carbocycles. The first-order valence-corrected chi connectivity index (χ1v) is 9.61. The van der Waals surface area contributed by atoms with Crippen LogP contribution in [0.15, 0.2) is 78.2 Å². The zero-order chi connectivity index (χ0) is 19.2. The normalized spacial score (nSPS) is 11.4.